The first-order valence-corrected chi connectivity index (χ1v) is 8.63. The number of benzene rings is 1. The van der Waals surface area contributed by atoms with Crippen molar-refractivity contribution in [2.45, 2.75) is 26.7 Å². The number of amides is 1. The van der Waals surface area contributed by atoms with Gasteiger partial charge in [-0.1, -0.05) is 18.2 Å². The molecule has 0 spiro atoms. The molecule has 24 heavy (non-hydrogen) atoms. The normalized spacial score (nSPS) is 14.8. The van der Waals surface area contributed by atoms with Gasteiger partial charge in [-0.25, -0.2) is 0 Å². The molecule has 1 aliphatic heterocycles. The topological polar surface area (TPSA) is 36.4 Å². The molecule has 0 atom stereocenters. The highest BCUT2D eigenvalue weighted by atomic mass is 16.2. The highest BCUT2D eigenvalue weighted by molar-refractivity contribution is 5.76. The van der Waals surface area contributed by atoms with Crippen LogP contribution in [0.2, 0.25) is 0 Å². The molecule has 0 N–H and O–H groups in total. The molecule has 4 heteroatoms. The molecule has 0 unspecified atom stereocenters. The number of carbonyl (C=O) groups excluding carboxylic acids is 1. The third-order valence-electron chi connectivity index (χ3n) is 4.90. The van der Waals surface area contributed by atoms with Gasteiger partial charge in [-0.15, -0.1) is 0 Å². The predicted octanol–water partition coefficient (Wildman–Crippen LogP) is 2.98. The van der Waals surface area contributed by atoms with E-state index in [4.69, 9.17) is 0 Å². The average molecular weight is 323 g/mol. The van der Waals surface area contributed by atoms with Gasteiger partial charge in [-0.3, -0.25) is 9.78 Å². The lowest BCUT2D eigenvalue weighted by Crippen LogP contribution is -2.49. The van der Waals surface area contributed by atoms with Gasteiger partial charge in [0.05, 0.1) is 0 Å². The third-order valence-corrected chi connectivity index (χ3v) is 4.90. The van der Waals surface area contributed by atoms with Gasteiger partial charge in [0.1, 0.15) is 0 Å². The highest BCUT2D eigenvalue weighted by Crippen LogP contribution is 2.24. The van der Waals surface area contributed by atoms with Crippen molar-refractivity contribution in [1.82, 2.24) is 9.88 Å². The van der Waals surface area contributed by atoms with Crippen LogP contribution < -0.4 is 4.90 Å². The minimum absolute atomic E-state index is 0.250. The van der Waals surface area contributed by atoms with E-state index in [9.17, 15) is 4.79 Å². The zero-order valence-corrected chi connectivity index (χ0v) is 14.5. The smallest absolute Gasteiger partial charge is 0.223 e. The molecule has 0 aliphatic carbocycles. The van der Waals surface area contributed by atoms with Gasteiger partial charge >= 0.3 is 0 Å². The molecule has 126 valence electrons. The Hall–Kier alpha value is -2.36. The molecule has 1 aromatic heterocycles. The standard InChI is InChI=1S/C20H25N3O/c1-16-5-3-7-19(17(16)2)22-11-13-23(14-12-22)20(24)9-8-18-6-4-10-21-15-18/h3-7,10,15H,8-9,11-14H2,1-2H3. The number of rotatable bonds is 4. The van der Waals surface area contributed by atoms with Crippen LogP contribution in [0.4, 0.5) is 5.69 Å². The van der Waals surface area contributed by atoms with Crippen LogP contribution in [0, 0.1) is 13.8 Å². The van der Waals surface area contributed by atoms with Crippen molar-refractivity contribution in [3.8, 4) is 0 Å². The zero-order valence-electron chi connectivity index (χ0n) is 14.5. The maximum Gasteiger partial charge on any atom is 0.223 e. The lowest BCUT2D eigenvalue weighted by molar-refractivity contribution is -0.131. The van der Waals surface area contributed by atoms with E-state index in [0.717, 1.165) is 38.2 Å². The summed E-state index contributed by atoms with van der Waals surface area (Å²) in [6, 6.07) is 10.4. The predicted molar refractivity (Wildman–Crippen MR) is 97.3 cm³/mol. The molecule has 0 bridgehead atoms. The van der Waals surface area contributed by atoms with Gasteiger partial charge in [0.2, 0.25) is 5.91 Å². The molecule has 3 rings (SSSR count). The van der Waals surface area contributed by atoms with Crippen molar-refractivity contribution in [3.05, 3.63) is 59.4 Å². The van der Waals surface area contributed by atoms with Crippen molar-refractivity contribution >= 4 is 11.6 Å². The summed E-state index contributed by atoms with van der Waals surface area (Å²) < 4.78 is 0. The summed E-state index contributed by atoms with van der Waals surface area (Å²) in [6.07, 6.45) is 4.93. The fourth-order valence-electron chi connectivity index (χ4n) is 3.23. The van der Waals surface area contributed by atoms with E-state index in [0.29, 0.717) is 6.42 Å². The molecule has 1 fully saturated rings. The number of piperazine rings is 1. The summed E-state index contributed by atoms with van der Waals surface area (Å²) in [7, 11) is 0. The Labute approximate surface area is 144 Å². The Morgan fingerprint density at radius 2 is 1.88 bits per heavy atom. The van der Waals surface area contributed by atoms with Crippen LogP contribution in [-0.2, 0) is 11.2 Å². The van der Waals surface area contributed by atoms with Crippen LogP contribution in [-0.4, -0.2) is 42.0 Å². The summed E-state index contributed by atoms with van der Waals surface area (Å²) in [6.45, 7) is 7.75. The van der Waals surface area contributed by atoms with E-state index in [1.807, 2.05) is 23.2 Å². The summed E-state index contributed by atoms with van der Waals surface area (Å²) in [5.74, 6) is 0.250. The quantitative estimate of drug-likeness (QED) is 0.868. The second-order valence-corrected chi connectivity index (χ2v) is 6.45. The van der Waals surface area contributed by atoms with E-state index < -0.39 is 0 Å². The minimum atomic E-state index is 0.250. The largest absolute Gasteiger partial charge is 0.368 e. The van der Waals surface area contributed by atoms with E-state index in [1.165, 1.54) is 16.8 Å². The molecule has 0 saturated carbocycles. The Kier molecular flexibility index (Phi) is 5.14. The number of aryl methyl sites for hydroxylation is 2. The van der Waals surface area contributed by atoms with Crippen molar-refractivity contribution in [3.63, 3.8) is 0 Å². The van der Waals surface area contributed by atoms with Crippen LogP contribution in [0.15, 0.2) is 42.7 Å². The monoisotopic (exact) mass is 323 g/mol. The molecule has 4 nitrogen and oxygen atoms in total. The van der Waals surface area contributed by atoms with Gasteiger partial charge in [0.25, 0.3) is 0 Å². The number of aromatic nitrogens is 1. The van der Waals surface area contributed by atoms with E-state index in [-0.39, 0.29) is 5.91 Å². The molecule has 1 saturated heterocycles. The van der Waals surface area contributed by atoms with Gasteiger partial charge in [0, 0.05) is 50.7 Å². The van der Waals surface area contributed by atoms with Gasteiger partial charge in [0.15, 0.2) is 0 Å². The molecule has 1 aliphatic rings. The molecule has 1 amide bonds. The fourth-order valence-corrected chi connectivity index (χ4v) is 3.23. The number of nitrogens with zero attached hydrogens (tertiary/aromatic N) is 3. The van der Waals surface area contributed by atoms with Crippen LogP contribution >= 0.6 is 0 Å². The second-order valence-electron chi connectivity index (χ2n) is 6.45. The van der Waals surface area contributed by atoms with Crippen molar-refractivity contribution in [1.29, 1.82) is 0 Å². The second kappa shape index (κ2) is 7.47. The van der Waals surface area contributed by atoms with Gasteiger partial charge < -0.3 is 9.80 Å². The molecule has 1 aromatic carbocycles. The number of anilines is 1. The van der Waals surface area contributed by atoms with Crippen LogP contribution in [0.3, 0.4) is 0 Å². The van der Waals surface area contributed by atoms with Gasteiger partial charge in [-0.2, -0.15) is 0 Å². The molecule has 0 radical (unpaired) electrons. The molecular weight excluding hydrogens is 298 g/mol. The molecule has 2 heterocycles. The van der Waals surface area contributed by atoms with Gasteiger partial charge in [-0.05, 0) is 49.1 Å². The van der Waals surface area contributed by atoms with Crippen LogP contribution in [0.5, 0.6) is 0 Å². The van der Waals surface area contributed by atoms with Crippen molar-refractivity contribution < 1.29 is 4.79 Å². The zero-order chi connectivity index (χ0) is 16.9. The first-order chi connectivity index (χ1) is 11.6. The average Bonchev–Trinajstić information content (AvgIpc) is 2.63. The SMILES string of the molecule is Cc1cccc(N2CCN(C(=O)CCc3cccnc3)CC2)c1C. The number of pyridine rings is 1. The molecule has 2 aromatic rings. The number of carbonyl (C=O) groups is 1. The maximum absolute atomic E-state index is 12.4. The fraction of sp³-hybridized carbons (Fsp3) is 0.400. The first-order valence-electron chi connectivity index (χ1n) is 8.63. The van der Waals surface area contributed by atoms with E-state index >= 15 is 0 Å². The van der Waals surface area contributed by atoms with Crippen LogP contribution in [0.25, 0.3) is 0 Å². The Balaban J connectivity index is 1.53. The summed E-state index contributed by atoms with van der Waals surface area (Å²) >= 11 is 0. The minimum Gasteiger partial charge on any atom is -0.368 e. The number of hydrogen-bond acceptors (Lipinski definition) is 3. The van der Waals surface area contributed by atoms with Crippen LogP contribution in [0.1, 0.15) is 23.1 Å². The summed E-state index contributed by atoms with van der Waals surface area (Å²) in [5.41, 5.74) is 5.09. The Bertz CT molecular complexity index is 691. The van der Waals surface area contributed by atoms with Crippen molar-refractivity contribution in [2.24, 2.45) is 0 Å². The van der Waals surface area contributed by atoms with E-state index in [2.05, 4.69) is 41.9 Å². The Morgan fingerprint density at radius 3 is 2.58 bits per heavy atom. The first kappa shape index (κ1) is 16.5. The molecular formula is C20H25N3O. The lowest BCUT2D eigenvalue weighted by atomic mass is 10.1. The summed E-state index contributed by atoms with van der Waals surface area (Å²) in [5, 5.41) is 0. The third kappa shape index (κ3) is 3.75. The maximum atomic E-state index is 12.4. The number of hydrogen-bond donors (Lipinski definition) is 0. The lowest BCUT2D eigenvalue weighted by Gasteiger charge is -2.37. The summed E-state index contributed by atoms with van der Waals surface area (Å²) in [4.78, 5) is 20.9. The van der Waals surface area contributed by atoms with Crippen molar-refractivity contribution in [2.75, 3.05) is 31.1 Å². The highest BCUT2D eigenvalue weighted by Gasteiger charge is 2.22. The van der Waals surface area contributed by atoms with E-state index in [1.54, 1.807) is 6.20 Å². The Morgan fingerprint density at radius 1 is 1.08 bits per heavy atom.